The van der Waals surface area contributed by atoms with E-state index in [1.807, 2.05) is 24.3 Å². The predicted molar refractivity (Wildman–Crippen MR) is 79.4 cm³/mol. The normalized spacial score (nSPS) is 15.8. The van der Waals surface area contributed by atoms with Crippen molar-refractivity contribution >= 4 is 5.91 Å². The number of rotatable bonds is 9. The summed E-state index contributed by atoms with van der Waals surface area (Å²) < 4.78 is 5.24. The second-order valence-corrected chi connectivity index (χ2v) is 5.56. The number of primary amides is 1. The average molecular weight is 276 g/mol. The fraction of sp³-hybridized carbons (Fsp3) is 0.562. The van der Waals surface area contributed by atoms with Crippen molar-refractivity contribution in [1.29, 1.82) is 0 Å². The van der Waals surface area contributed by atoms with Crippen LogP contribution in [-0.2, 0) is 11.3 Å². The Balaban J connectivity index is 1.75. The van der Waals surface area contributed by atoms with Crippen molar-refractivity contribution in [2.45, 2.75) is 45.2 Å². The molecule has 1 atom stereocenters. The summed E-state index contributed by atoms with van der Waals surface area (Å²) in [6.45, 7) is 3.04. The third-order valence-corrected chi connectivity index (χ3v) is 3.71. The van der Waals surface area contributed by atoms with Gasteiger partial charge in [0.25, 0.3) is 5.91 Å². The summed E-state index contributed by atoms with van der Waals surface area (Å²) in [5.41, 5.74) is 6.26. The first-order valence-electron chi connectivity index (χ1n) is 7.40. The first-order valence-corrected chi connectivity index (χ1v) is 7.40. The van der Waals surface area contributed by atoms with Crippen molar-refractivity contribution in [3.05, 3.63) is 29.8 Å². The number of ether oxygens (including phenoxy) is 1. The van der Waals surface area contributed by atoms with Crippen LogP contribution in [0.15, 0.2) is 24.3 Å². The highest BCUT2D eigenvalue weighted by Crippen LogP contribution is 2.34. The Morgan fingerprint density at radius 1 is 1.40 bits per heavy atom. The van der Waals surface area contributed by atoms with Crippen LogP contribution in [0.3, 0.4) is 0 Å². The van der Waals surface area contributed by atoms with Crippen molar-refractivity contribution in [2.24, 2.45) is 11.7 Å². The van der Waals surface area contributed by atoms with E-state index in [1.165, 1.54) is 31.2 Å². The summed E-state index contributed by atoms with van der Waals surface area (Å²) in [4.78, 5) is 10.6. The van der Waals surface area contributed by atoms with Crippen molar-refractivity contribution in [2.75, 3.05) is 6.61 Å². The maximum absolute atomic E-state index is 10.6. The lowest BCUT2D eigenvalue weighted by Crippen LogP contribution is -2.28. The maximum Gasteiger partial charge on any atom is 0.255 e. The molecule has 2 rings (SSSR count). The zero-order valence-electron chi connectivity index (χ0n) is 12.1. The van der Waals surface area contributed by atoms with E-state index in [0.717, 1.165) is 12.5 Å². The van der Waals surface area contributed by atoms with Gasteiger partial charge < -0.3 is 15.8 Å². The number of hydrogen-bond donors (Lipinski definition) is 2. The van der Waals surface area contributed by atoms with Gasteiger partial charge in [0.1, 0.15) is 5.75 Å². The first kappa shape index (κ1) is 14.9. The number of hydrogen-bond acceptors (Lipinski definition) is 3. The van der Waals surface area contributed by atoms with Gasteiger partial charge in [0.2, 0.25) is 0 Å². The van der Waals surface area contributed by atoms with Crippen LogP contribution in [0.5, 0.6) is 5.75 Å². The van der Waals surface area contributed by atoms with Crippen molar-refractivity contribution < 1.29 is 9.53 Å². The first-order chi connectivity index (χ1) is 9.67. The number of nitrogens with one attached hydrogen (secondary N) is 1. The molecule has 0 spiro atoms. The number of carbonyl (C=O) groups excluding carboxylic acids is 1. The molecule has 0 saturated heterocycles. The zero-order chi connectivity index (χ0) is 14.4. The molecule has 1 saturated carbocycles. The minimum Gasteiger partial charge on any atom is -0.484 e. The molecule has 1 aromatic carbocycles. The largest absolute Gasteiger partial charge is 0.484 e. The van der Waals surface area contributed by atoms with Crippen LogP contribution in [0.4, 0.5) is 0 Å². The SMILES string of the molecule is CCC(CC1CC1)NCc1ccc(OCC(N)=O)cc1. The van der Waals surface area contributed by atoms with E-state index in [9.17, 15) is 4.79 Å². The van der Waals surface area contributed by atoms with Gasteiger partial charge in [-0.3, -0.25) is 4.79 Å². The van der Waals surface area contributed by atoms with E-state index >= 15 is 0 Å². The van der Waals surface area contributed by atoms with Gasteiger partial charge in [0, 0.05) is 12.6 Å². The highest BCUT2D eigenvalue weighted by atomic mass is 16.5. The second kappa shape index (κ2) is 7.29. The van der Waals surface area contributed by atoms with Crippen LogP contribution in [0.2, 0.25) is 0 Å². The van der Waals surface area contributed by atoms with Crippen LogP contribution >= 0.6 is 0 Å². The van der Waals surface area contributed by atoms with Gasteiger partial charge in [-0.25, -0.2) is 0 Å². The van der Waals surface area contributed by atoms with Gasteiger partial charge in [-0.15, -0.1) is 0 Å². The molecular formula is C16H24N2O2. The van der Waals surface area contributed by atoms with Gasteiger partial charge in [-0.05, 0) is 36.5 Å². The Bertz CT molecular complexity index is 427. The van der Waals surface area contributed by atoms with Crippen LogP contribution in [-0.4, -0.2) is 18.6 Å². The lowest BCUT2D eigenvalue weighted by molar-refractivity contribution is -0.119. The topological polar surface area (TPSA) is 64.3 Å². The van der Waals surface area contributed by atoms with Gasteiger partial charge in [0.05, 0.1) is 0 Å². The molecule has 3 N–H and O–H groups in total. The summed E-state index contributed by atoms with van der Waals surface area (Å²) in [6.07, 6.45) is 5.29. The average Bonchev–Trinajstić information content (AvgIpc) is 3.26. The predicted octanol–water partition coefficient (Wildman–Crippen LogP) is 2.22. The summed E-state index contributed by atoms with van der Waals surface area (Å²) in [7, 11) is 0. The lowest BCUT2D eigenvalue weighted by atomic mass is 10.1. The number of amides is 1. The van der Waals surface area contributed by atoms with Crippen LogP contribution in [0, 0.1) is 5.92 Å². The zero-order valence-corrected chi connectivity index (χ0v) is 12.1. The van der Waals surface area contributed by atoms with Crippen molar-refractivity contribution in [3.63, 3.8) is 0 Å². The summed E-state index contributed by atoms with van der Waals surface area (Å²) in [5, 5.41) is 3.61. The molecule has 1 amide bonds. The van der Waals surface area contributed by atoms with Gasteiger partial charge in [-0.2, -0.15) is 0 Å². The number of nitrogens with two attached hydrogens (primary N) is 1. The van der Waals surface area contributed by atoms with Gasteiger partial charge >= 0.3 is 0 Å². The van der Waals surface area contributed by atoms with Crippen molar-refractivity contribution in [1.82, 2.24) is 5.32 Å². The lowest BCUT2D eigenvalue weighted by Gasteiger charge is -2.16. The van der Waals surface area contributed by atoms with Crippen molar-refractivity contribution in [3.8, 4) is 5.75 Å². The van der Waals surface area contributed by atoms with E-state index in [2.05, 4.69) is 12.2 Å². The standard InChI is InChI=1S/C16H24N2O2/c1-2-14(9-12-3-4-12)18-10-13-5-7-15(8-6-13)20-11-16(17)19/h5-8,12,14,18H,2-4,9-11H2,1H3,(H2,17,19). The molecule has 1 unspecified atom stereocenters. The molecule has 0 aromatic heterocycles. The quantitative estimate of drug-likeness (QED) is 0.727. The Morgan fingerprint density at radius 2 is 2.10 bits per heavy atom. The van der Waals surface area contributed by atoms with E-state index in [0.29, 0.717) is 11.8 Å². The fourth-order valence-electron chi connectivity index (χ4n) is 2.27. The van der Waals surface area contributed by atoms with Gasteiger partial charge in [0.15, 0.2) is 6.61 Å². The summed E-state index contributed by atoms with van der Waals surface area (Å²) >= 11 is 0. The third kappa shape index (κ3) is 5.21. The molecule has 4 nitrogen and oxygen atoms in total. The summed E-state index contributed by atoms with van der Waals surface area (Å²) in [6, 6.07) is 8.41. The highest BCUT2D eigenvalue weighted by molar-refractivity contribution is 5.75. The minimum atomic E-state index is -0.457. The molecule has 0 radical (unpaired) electrons. The Labute approximate surface area is 120 Å². The molecule has 4 heteroatoms. The molecular weight excluding hydrogens is 252 g/mol. The van der Waals surface area contributed by atoms with E-state index < -0.39 is 5.91 Å². The third-order valence-electron chi connectivity index (χ3n) is 3.71. The Hall–Kier alpha value is -1.55. The monoisotopic (exact) mass is 276 g/mol. The van der Waals surface area contributed by atoms with E-state index in [4.69, 9.17) is 10.5 Å². The molecule has 0 aliphatic heterocycles. The molecule has 1 aliphatic carbocycles. The molecule has 110 valence electrons. The molecule has 1 aromatic rings. The maximum atomic E-state index is 10.6. The van der Waals surface area contributed by atoms with E-state index in [-0.39, 0.29) is 6.61 Å². The fourth-order valence-corrected chi connectivity index (χ4v) is 2.27. The van der Waals surface area contributed by atoms with Crippen LogP contribution in [0.25, 0.3) is 0 Å². The molecule has 0 heterocycles. The smallest absolute Gasteiger partial charge is 0.255 e. The highest BCUT2D eigenvalue weighted by Gasteiger charge is 2.24. The molecule has 1 fully saturated rings. The molecule has 20 heavy (non-hydrogen) atoms. The van der Waals surface area contributed by atoms with Crippen LogP contribution in [0.1, 0.15) is 38.2 Å². The second-order valence-electron chi connectivity index (χ2n) is 5.56. The molecule has 0 bridgehead atoms. The molecule has 1 aliphatic rings. The summed E-state index contributed by atoms with van der Waals surface area (Å²) in [5.74, 6) is 1.18. The Morgan fingerprint density at radius 3 is 2.65 bits per heavy atom. The minimum absolute atomic E-state index is 0.0725. The Kier molecular flexibility index (Phi) is 5.41. The number of benzene rings is 1. The van der Waals surface area contributed by atoms with Gasteiger partial charge in [-0.1, -0.05) is 31.9 Å². The van der Waals surface area contributed by atoms with Crippen LogP contribution < -0.4 is 15.8 Å². The number of carbonyl (C=O) groups is 1. The van der Waals surface area contributed by atoms with E-state index in [1.54, 1.807) is 0 Å².